The van der Waals surface area contributed by atoms with Crippen molar-refractivity contribution in [2.45, 2.75) is 24.1 Å². The maximum absolute atomic E-state index is 10.7. The summed E-state index contributed by atoms with van der Waals surface area (Å²) in [4.78, 5) is 14.4. The van der Waals surface area contributed by atoms with E-state index in [1.165, 1.54) is 24.0 Å². The van der Waals surface area contributed by atoms with Crippen LogP contribution in [0.1, 0.15) is 12.5 Å². The normalized spacial score (nSPS) is 12.5. The van der Waals surface area contributed by atoms with Gasteiger partial charge in [0.1, 0.15) is 5.03 Å². The van der Waals surface area contributed by atoms with Crippen LogP contribution in [0.25, 0.3) is 0 Å². The molecule has 1 rings (SSSR count). The molecule has 0 bridgehead atoms. The molecule has 0 saturated carbocycles. The van der Waals surface area contributed by atoms with Crippen LogP contribution in [0.15, 0.2) is 17.3 Å². The van der Waals surface area contributed by atoms with E-state index < -0.39 is 4.92 Å². The second-order valence-electron chi connectivity index (χ2n) is 3.15. The quantitative estimate of drug-likeness (QED) is 0.355. The van der Waals surface area contributed by atoms with Crippen molar-refractivity contribution in [2.24, 2.45) is 0 Å². The number of thioether (sulfide) groups is 1. The lowest BCUT2D eigenvalue weighted by Gasteiger charge is -2.06. The Hall–Kier alpha value is -0.810. The second-order valence-corrected chi connectivity index (χ2v) is 4.92. The third kappa shape index (κ3) is 3.35. The van der Waals surface area contributed by atoms with Crippen LogP contribution in [0.5, 0.6) is 0 Å². The maximum atomic E-state index is 10.7. The minimum Gasteiger partial charge on any atom is -0.258 e. The van der Waals surface area contributed by atoms with Crippen LogP contribution in [0.3, 0.4) is 0 Å². The van der Waals surface area contributed by atoms with Gasteiger partial charge in [-0.3, -0.25) is 10.1 Å². The Bertz CT molecular complexity index is 373. The molecule has 0 aliphatic rings. The summed E-state index contributed by atoms with van der Waals surface area (Å²) < 4.78 is 0. The van der Waals surface area contributed by atoms with E-state index in [9.17, 15) is 10.1 Å². The number of aryl methyl sites for hydroxylation is 1. The Kier molecular flexibility index (Phi) is 4.35. The Morgan fingerprint density at radius 3 is 2.93 bits per heavy atom. The number of pyridine rings is 1. The van der Waals surface area contributed by atoms with Crippen LogP contribution in [0.2, 0.25) is 0 Å². The zero-order valence-electron chi connectivity index (χ0n) is 8.44. The van der Waals surface area contributed by atoms with Crippen LogP contribution in [-0.2, 0) is 0 Å². The minimum atomic E-state index is -0.396. The van der Waals surface area contributed by atoms with Crippen LogP contribution < -0.4 is 0 Å². The molecule has 0 amide bonds. The summed E-state index contributed by atoms with van der Waals surface area (Å²) in [5.41, 5.74) is 0.678. The van der Waals surface area contributed by atoms with Gasteiger partial charge in [-0.2, -0.15) is 0 Å². The number of aromatic nitrogens is 1. The Labute approximate surface area is 97.2 Å². The Balaban J connectivity index is 2.92. The van der Waals surface area contributed by atoms with Crippen molar-refractivity contribution in [3.8, 4) is 0 Å². The van der Waals surface area contributed by atoms with Crippen LogP contribution in [0, 0.1) is 17.0 Å². The second kappa shape index (κ2) is 5.32. The summed E-state index contributed by atoms with van der Waals surface area (Å²) in [6, 6.07) is 1.49. The highest BCUT2D eigenvalue weighted by Crippen LogP contribution is 2.26. The van der Waals surface area contributed by atoms with Gasteiger partial charge in [-0.05, 0) is 6.92 Å². The molecule has 0 spiro atoms. The number of rotatable bonds is 4. The molecule has 1 aromatic heterocycles. The maximum Gasteiger partial charge on any atom is 0.276 e. The van der Waals surface area contributed by atoms with Gasteiger partial charge in [0.2, 0.25) is 0 Å². The van der Waals surface area contributed by atoms with E-state index in [1.807, 2.05) is 6.92 Å². The number of hydrogen-bond acceptors (Lipinski definition) is 4. The molecule has 1 atom stereocenters. The molecular weight excluding hydrogens is 236 g/mol. The predicted octanol–water partition coefficient (Wildman–Crippen LogP) is 3.02. The third-order valence-electron chi connectivity index (χ3n) is 1.79. The van der Waals surface area contributed by atoms with Gasteiger partial charge in [-0.15, -0.1) is 23.4 Å². The molecule has 82 valence electrons. The molecule has 1 unspecified atom stereocenters. The van der Waals surface area contributed by atoms with E-state index in [0.717, 1.165) is 0 Å². The lowest BCUT2D eigenvalue weighted by molar-refractivity contribution is -0.385. The van der Waals surface area contributed by atoms with E-state index in [4.69, 9.17) is 11.6 Å². The first-order valence-electron chi connectivity index (χ1n) is 4.38. The van der Waals surface area contributed by atoms with Crippen LogP contribution in [-0.4, -0.2) is 21.0 Å². The average molecular weight is 247 g/mol. The highest BCUT2D eigenvalue weighted by atomic mass is 35.5. The Morgan fingerprint density at radius 1 is 1.73 bits per heavy atom. The van der Waals surface area contributed by atoms with Gasteiger partial charge in [0, 0.05) is 29.0 Å². The van der Waals surface area contributed by atoms with Gasteiger partial charge in [0.05, 0.1) is 4.92 Å². The fourth-order valence-electron chi connectivity index (χ4n) is 0.993. The molecule has 0 radical (unpaired) electrons. The van der Waals surface area contributed by atoms with Gasteiger partial charge < -0.3 is 0 Å². The van der Waals surface area contributed by atoms with E-state index >= 15 is 0 Å². The van der Waals surface area contributed by atoms with Crippen molar-refractivity contribution in [3.63, 3.8) is 0 Å². The molecule has 0 aromatic carbocycles. The minimum absolute atomic E-state index is 0.106. The van der Waals surface area contributed by atoms with Gasteiger partial charge in [-0.1, -0.05) is 6.92 Å². The summed E-state index contributed by atoms with van der Waals surface area (Å²) >= 11 is 7.09. The first kappa shape index (κ1) is 12.3. The predicted molar refractivity (Wildman–Crippen MR) is 61.7 cm³/mol. The molecule has 1 aromatic rings. The van der Waals surface area contributed by atoms with E-state index in [2.05, 4.69) is 4.98 Å². The van der Waals surface area contributed by atoms with Crippen LogP contribution in [0.4, 0.5) is 5.69 Å². The lowest BCUT2D eigenvalue weighted by atomic mass is 10.3. The number of alkyl halides is 1. The molecule has 0 N–H and O–H groups in total. The topological polar surface area (TPSA) is 56.0 Å². The number of nitrogens with zero attached hydrogens (tertiary/aromatic N) is 2. The largest absolute Gasteiger partial charge is 0.276 e. The fraction of sp³-hybridized carbons (Fsp3) is 0.444. The Morgan fingerprint density at radius 2 is 2.40 bits per heavy atom. The summed E-state index contributed by atoms with van der Waals surface area (Å²) in [5, 5.41) is 11.5. The third-order valence-corrected chi connectivity index (χ3v) is 3.47. The van der Waals surface area contributed by atoms with Crippen molar-refractivity contribution in [1.29, 1.82) is 0 Å². The summed E-state index contributed by atoms with van der Waals surface area (Å²) in [5.74, 6) is 0.494. The number of nitro groups is 1. The van der Waals surface area contributed by atoms with Crippen molar-refractivity contribution >= 4 is 29.1 Å². The smallest absolute Gasteiger partial charge is 0.258 e. The lowest BCUT2D eigenvalue weighted by Crippen LogP contribution is -1.99. The van der Waals surface area contributed by atoms with E-state index in [1.54, 1.807) is 6.92 Å². The van der Waals surface area contributed by atoms with Crippen molar-refractivity contribution < 1.29 is 4.92 Å². The number of hydrogen-bond donors (Lipinski definition) is 0. The first-order valence-corrected chi connectivity index (χ1v) is 5.79. The fourth-order valence-corrected chi connectivity index (χ4v) is 1.95. The average Bonchev–Trinajstić information content (AvgIpc) is 2.20. The zero-order valence-corrected chi connectivity index (χ0v) is 10.0. The summed E-state index contributed by atoms with van der Waals surface area (Å²) in [7, 11) is 0. The molecule has 0 aliphatic heterocycles. The SMILES string of the molecule is Cc1cnc(SC(C)CCl)cc1[N+](=O)[O-]. The van der Waals surface area contributed by atoms with E-state index in [0.29, 0.717) is 16.5 Å². The molecular formula is C9H11ClN2O2S. The molecule has 15 heavy (non-hydrogen) atoms. The van der Waals surface area contributed by atoms with Crippen molar-refractivity contribution in [2.75, 3.05) is 5.88 Å². The standard InChI is InChI=1S/C9H11ClN2O2S/c1-6-5-11-9(15-7(2)4-10)3-8(6)12(13)14/h3,5,7H,4H2,1-2H3. The monoisotopic (exact) mass is 246 g/mol. The van der Waals surface area contributed by atoms with E-state index in [-0.39, 0.29) is 10.9 Å². The molecule has 0 aliphatic carbocycles. The van der Waals surface area contributed by atoms with Gasteiger partial charge in [-0.25, -0.2) is 4.98 Å². The van der Waals surface area contributed by atoms with Gasteiger partial charge in [0.15, 0.2) is 0 Å². The van der Waals surface area contributed by atoms with Crippen LogP contribution >= 0.6 is 23.4 Å². The summed E-state index contributed by atoms with van der Waals surface area (Å²) in [6.07, 6.45) is 1.52. The molecule has 0 fully saturated rings. The molecule has 6 heteroatoms. The number of halogens is 1. The van der Waals surface area contributed by atoms with Gasteiger partial charge in [0.25, 0.3) is 5.69 Å². The van der Waals surface area contributed by atoms with Crippen molar-refractivity contribution in [3.05, 3.63) is 27.9 Å². The highest BCUT2D eigenvalue weighted by molar-refractivity contribution is 7.99. The van der Waals surface area contributed by atoms with Crippen molar-refractivity contribution in [1.82, 2.24) is 4.98 Å². The molecule has 0 saturated heterocycles. The zero-order chi connectivity index (χ0) is 11.4. The molecule has 4 nitrogen and oxygen atoms in total. The highest BCUT2D eigenvalue weighted by Gasteiger charge is 2.13. The first-order chi connectivity index (χ1) is 7.04. The van der Waals surface area contributed by atoms with Gasteiger partial charge >= 0.3 is 0 Å². The summed E-state index contributed by atoms with van der Waals surface area (Å²) in [6.45, 7) is 3.62. The molecule has 1 heterocycles.